The summed E-state index contributed by atoms with van der Waals surface area (Å²) in [6.07, 6.45) is 17.3. The fourth-order valence-corrected chi connectivity index (χ4v) is 2.37. The maximum atomic E-state index is 3.69. The van der Waals surface area contributed by atoms with Crippen LogP contribution in [0, 0.1) is 0 Å². The summed E-state index contributed by atoms with van der Waals surface area (Å²) in [4.78, 5) is 0.631. The van der Waals surface area contributed by atoms with E-state index in [0.717, 1.165) is 0 Å². The van der Waals surface area contributed by atoms with Gasteiger partial charge in [0.15, 0.2) is 0 Å². The molecule has 76 valence electrons. The van der Waals surface area contributed by atoms with E-state index in [4.69, 9.17) is 0 Å². The molecule has 1 unspecified atom stereocenters. The molecule has 1 aliphatic rings. The van der Waals surface area contributed by atoms with Gasteiger partial charge in [0.05, 0.1) is 0 Å². The molecular weight excluding hydrogens is 224 g/mol. The molecule has 0 aliphatic heterocycles. The Bertz CT molecular complexity index is 140. The number of allylic oxidation sites excluding steroid dienone is 2. The molecule has 13 heavy (non-hydrogen) atoms. The zero-order valence-electron chi connectivity index (χ0n) is 8.47. The lowest BCUT2D eigenvalue weighted by Crippen LogP contribution is -1.93. The molecule has 1 rings (SSSR count). The van der Waals surface area contributed by atoms with Crippen molar-refractivity contribution < 1.29 is 0 Å². The van der Waals surface area contributed by atoms with E-state index in [0.29, 0.717) is 4.83 Å². The van der Waals surface area contributed by atoms with Crippen molar-refractivity contribution in [1.82, 2.24) is 0 Å². The predicted octanol–water partition coefficient (Wildman–Crippen LogP) is 4.83. The second-order valence-corrected chi connectivity index (χ2v) is 5.17. The molecule has 0 amide bonds. The van der Waals surface area contributed by atoms with E-state index < -0.39 is 0 Å². The summed E-state index contributed by atoms with van der Waals surface area (Å²) in [6.45, 7) is 0. The first-order valence-electron chi connectivity index (χ1n) is 5.70. The smallest absolute Gasteiger partial charge is 0.0325 e. The number of rotatable bonds is 0. The summed E-state index contributed by atoms with van der Waals surface area (Å²) in [6, 6.07) is 0. The van der Waals surface area contributed by atoms with Crippen LogP contribution in [0.1, 0.15) is 57.8 Å². The third-order valence-electron chi connectivity index (χ3n) is 2.70. The highest BCUT2D eigenvalue weighted by Crippen LogP contribution is 2.16. The lowest BCUT2D eigenvalue weighted by atomic mass is 10.0. The van der Waals surface area contributed by atoms with Crippen LogP contribution in [0.4, 0.5) is 0 Å². The van der Waals surface area contributed by atoms with E-state index in [1.807, 2.05) is 0 Å². The first-order chi connectivity index (χ1) is 6.39. The van der Waals surface area contributed by atoms with Crippen LogP contribution in [0.2, 0.25) is 0 Å². The van der Waals surface area contributed by atoms with Gasteiger partial charge in [0.2, 0.25) is 0 Å². The van der Waals surface area contributed by atoms with Crippen molar-refractivity contribution in [1.29, 1.82) is 0 Å². The second-order valence-electron chi connectivity index (χ2n) is 4.00. The molecule has 0 saturated heterocycles. The van der Waals surface area contributed by atoms with Crippen molar-refractivity contribution >= 4 is 15.9 Å². The SMILES string of the molecule is BrC1/C=C\CCCCCCCCC1. The van der Waals surface area contributed by atoms with Crippen molar-refractivity contribution in [2.24, 2.45) is 0 Å². The van der Waals surface area contributed by atoms with E-state index in [2.05, 4.69) is 28.1 Å². The van der Waals surface area contributed by atoms with Crippen LogP contribution in [0.25, 0.3) is 0 Å². The quantitative estimate of drug-likeness (QED) is 0.423. The average molecular weight is 245 g/mol. The van der Waals surface area contributed by atoms with Crippen LogP contribution < -0.4 is 0 Å². The third-order valence-corrected chi connectivity index (χ3v) is 3.46. The normalized spacial score (nSPS) is 30.1. The molecule has 0 nitrogen and oxygen atoms in total. The number of hydrogen-bond donors (Lipinski definition) is 0. The van der Waals surface area contributed by atoms with Gasteiger partial charge in [-0.05, 0) is 19.3 Å². The molecule has 0 N–H and O–H groups in total. The molecule has 1 heteroatoms. The summed E-state index contributed by atoms with van der Waals surface area (Å²) in [5, 5.41) is 0. The number of halogens is 1. The molecule has 0 bridgehead atoms. The van der Waals surface area contributed by atoms with Gasteiger partial charge in [-0.3, -0.25) is 0 Å². The Kier molecular flexibility index (Phi) is 6.61. The highest BCUT2D eigenvalue weighted by molar-refractivity contribution is 9.09. The monoisotopic (exact) mass is 244 g/mol. The fourth-order valence-electron chi connectivity index (χ4n) is 1.83. The van der Waals surface area contributed by atoms with Crippen LogP contribution >= 0.6 is 15.9 Å². The Balaban J connectivity index is 2.22. The van der Waals surface area contributed by atoms with Crippen molar-refractivity contribution in [2.45, 2.75) is 62.6 Å². The van der Waals surface area contributed by atoms with E-state index in [-0.39, 0.29) is 0 Å². The van der Waals surface area contributed by atoms with Gasteiger partial charge in [-0.25, -0.2) is 0 Å². The highest BCUT2D eigenvalue weighted by Gasteiger charge is 1.99. The minimum atomic E-state index is 0.631. The molecule has 1 atom stereocenters. The molecule has 0 aromatic carbocycles. The Hall–Kier alpha value is 0.220. The Morgan fingerprint density at radius 2 is 1.46 bits per heavy atom. The Morgan fingerprint density at radius 3 is 2.23 bits per heavy atom. The van der Waals surface area contributed by atoms with Crippen molar-refractivity contribution in [3.05, 3.63) is 12.2 Å². The summed E-state index contributed by atoms with van der Waals surface area (Å²) in [7, 11) is 0. The molecule has 0 heterocycles. The predicted molar refractivity (Wildman–Crippen MR) is 63.4 cm³/mol. The second kappa shape index (κ2) is 7.61. The van der Waals surface area contributed by atoms with E-state index in [1.165, 1.54) is 57.8 Å². The third kappa shape index (κ3) is 6.31. The van der Waals surface area contributed by atoms with Gasteiger partial charge >= 0.3 is 0 Å². The molecule has 0 aromatic heterocycles. The zero-order chi connectivity index (χ0) is 9.36. The van der Waals surface area contributed by atoms with Crippen LogP contribution in [0.15, 0.2) is 12.2 Å². The molecule has 0 radical (unpaired) electrons. The lowest BCUT2D eigenvalue weighted by Gasteiger charge is -2.06. The van der Waals surface area contributed by atoms with Gasteiger partial charge in [-0.15, -0.1) is 0 Å². The topological polar surface area (TPSA) is 0 Å². The van der Waals surface area contributed by atoms with Crippen molar-refractivity contribution in [3.8, 4) is 0 Å². The molecule has 1 aliphatic carbocycles. The zero-order valence-corrected chi connectivity index (χ0v) is 10.1. The van der Waals surface area contributed by atoms with Crippen LogP contribution in [0.5, 0.6) is 0 Å². The van der Waals surface area contributed by atoms with Gasteiger partial charge in [0.1, 0.15) is 0 Å². The summed E-state index contributed by atoms with van der Waals surface area (Å²) in [5.74, 6) is 0. The van der Waals surface area contributed by atoms with Gasteiger partial charge in [0.25, 0.3) is 0 Å². The van der Waals surface area contributed by atoms with Crippen LogP contribution in [-0.2, 0) is 0 Å². The maximum absolute atomic E-state index is 3.69. The average Bonchev–Trinajstić information content (AvgIpc) is 2.11. The molecular formula is C12H21Br. The number of hydrogen-bond acceptors (Lipinski definition) is 0. The van der Waals surface area contributed by atoms with Gasteiger partial charge in [-0.1, -0.05) is 66.6 Å². The van der Waals surface area contributed by atoms with Crippen molar-refractivity contribution in [2.75, 3.05) is 0 Å². The Morgan fingerprint density at radius 1 is 0.846 bits per heavy atom. The van der Waals surface area contributed by atoms with Crippen molar-refractivity contribution in [3.63, 3.8) is 0 Å². The molecule has 0 fully saturated rings. The van der Waals surface area contributed by atoms with Gasteiger partial charge < -0.3 is 0 Å². The fraction of sp³-hybridized carbons (Fsp3) is 0.833. The van der Waals surface area contributed by atoms with E-state index in [1.54, 1.807) is 0 Å². The van der Waals surface area contributed by atoms with Crippen LogP contribution in [-0.4, -0.2) is 4.83 Å². The van der Waals surface area contributed by atoms with Gasteiger partial charge in [-0.2, -0.15) is 0 Å². The molecule has 0 spiro atoms. The summed E-state index contributed by atoms with van der Waals surface area (Å²) in [5.41, 5.74) is 0. The number of alkyl halides is 1. The first kappa shape index (κ1) is 11.3. The first-order valence-corrected chi connectivity index (χ1v) is 6.62. The van der Waals surface area contributed by atoms with Gasteiger partial charge in [0, 0.05) is 4.83 Å². The summed E-state index contributed by atoms with van der Waals surface area (Å²) >= 11 is 3.69. The van der Waals surface area contributed by atoms with Crippen LogP contribution in [0.3, 0.4) is 0 Å². The summed E-state index contributed by atoms with van der Waals surface area (Å²) < 4.78 is 0. The minimum Gasteiger partial charge on any atom is -0.0874 e. The minimum absolute atomic E-state index is 0.631. The highest BCUT2D eigenvalue weighted by atomic mass is 79.9. The lowest BCUT2D eigenvalue weighted by molar-refractivity contribution is 0.569. The molecule has 0 saturated carbocycles. The Labute approximate surface area is 90.9 Å². The van der Waals surface area contributed by atoms with E-state index in [9.17, 15) is 0 Å². The molecule has 0 aromatic rings. The van der Waals surface area contributed by atoms with E-state index >= 15 is 0 Å². The standard InChI is InChI=1S/C12H21Br/c13-12-10-8-6-4-2-1-3-5-7-9-11-12/h8,10,12H,1-7,9,11H2/b10-8-. The maximum Gasteiger partial charge on any atom is 0.0325 e. The largest absolute Gasteiger partial charge is 0.0874 e.